The summed E-state index contributed by atoms with van der Waals surface area (Å²) in [7, 11) is -1.51. The lowest BCUT2D eigenvalue weighted by Gasteiger charge is -2.31. The molecule has 0 spiro atoms. The number of hydrogen-bond donors (Lipinski definition) is 1. The van der Waals surface area contributed by atoms with Gasteiger partial charge in [0, 0.05) is 32.4 Å². The van der Waals surface area contributed by atoms with Crippen LogP contribution in [0.2, 0.25) is 0 Å². The maximum Gasteiger partial charge on any atom is 0.301 e. The zero-order chi connectivity index (χ0) is 15.7. The van der Waals surface area contributed by atoms with Crippen LogP contribution < -0.4 is 4.72 Å². The van der Waals surface area contributed by atoms with Gasteiger partial charge < -0.3 is 4.90 Å². The molecule has 1 aliphatic rings. The topological polar surface area (TPSA) is 65.5 Å². The van der Waals surface area contributed by atoms with E-state index in [9.17, 15) is 8.42 Å². The van der Waals surface area contributed by atoms with Crippen LogP contribution in [0.1, 0.15) is 26.3 Å². The molecule has 1 aromatic rings. The van der Waals surface area contributed by atoms with Gasteiger partial charge in [-0.05, 0) is 24.1 Å². The minimum atomic E-state index is -3.51. The van der Waals surface area contributed by atoms with Gasteiger partial charge in [-0.2, -0.15) is 12.7 Å². The number of likely N-dealkylation sites (N-methyl/N-ethyl adjacent to an activating group) is 1. The van der Waals surface area contributed by atoms with Crippen molar-refractivity contribution in [3.05, 3.63) is 24.0 Å². The Hall–Kier alpha value is -1.18. The molecule has 7 heteroatoms. The molecule has 0 amide bonds. The molecule has 1 aliphatic heterocycles. The van der Waals surface area contributed by atoms with Crippen LogP contribution >= 0.6 is 0 Å². The summed E-state index contributed by atoms with van der Waals surface area (Å²) in [6.45, 7) is 8.74. The van der Waals surface area contributed by atoms with E-state index in [4.69, 9.17) is 0 Å². The Kier molecular flexibility index (Phi) is 4.55. The Morgan fingerprint density at radius 2 is 1.76 bits per heavy atom. The quantitative estimate of drug-likeness (QED) is 0.913. The third-order valence-electron chi connectivity index (χ3n) is 3.65. The fourth-order valence-corrected chi connectivity index (χ4v) is 3.33. The summed E-state index contributed by atoms with van der Waals surface area (Å²) in [5, 5.41) is 0. The first-order valence-electron chi connectivity index (χ1n) is 7.10. The van der Waals surface area contributed by atoms with Gasteiger partial charge in [0.1, 0.15) is 0 Å². The van der Waals surface area contributed by atoms with Gasteiger partial charge in [-0.3, -0.25) is 9.71 Å². The fraction of sp³-hybridized carbons (Fsp3) is 0.643. The molecule has 2 heterocycles. The molecule has 0 bridgehead atoms. The SMILES string of the molecule is CN1CCN(S(=O)(=O)Nc2cncc(C(C)(C)C)c2)CC1. The molecule has 1 N–H and O–H groups in total. The summed E-state index contributed by atoms with van der Waals surface area (Å²) in [4.78, 5) is 6.26. The van der Waals surface area contributed by atoms with Crippen LogP contribution in [-0.2, 0) is 15.6 Å². The first kappa shape index (κ1) is 16.2. The van der Waals surface area contributed by atoms with Crippen molar-refractivity contribution in [2.24, 2.45) is 0 Å². The predicted molar refractivity (Wildman–Crippen MR) is 84.5 cm³/mol. The molecule has 1 aromatic heterocycles. The van der Waals surface area contributed by atoms with Crippen molar-refractivity contribution in [3.8, 4) is 0 Å². The zero-order valence-corrected chi connectivity index (χ0v) is 13.9. The van der Waals surface area contributed by atoms with Crippen LogP contribution in [0.5, 0.6) is 0 Å². The van der Waals surface area contributed by atoms with Crippen molar-refractivity contribution in [1.82, 2.24) is 14.2 Å². The maximum atomic E-state index is 12.4. The van der Waals surface area contributed by atoms with Crippen molar-refractivity contribution < 1.29 is 8.42 Å². The highest BCUT2D eigenvalue weighted by atomic mass is 32.2. The van der Waals surface area contributed by atoms with Gasteiger partial charge in [-0.25, -0.2) is 0 Å². The molecule has 0 saturated carbocycles. The molecule has 0 unspecified atom stereocenters. The smallest absolute Gasteiger partial charge is 0.301 e. The number of pyridine rings is 1. The average molecular weight is 312 g/mol. The molecule has 118 valence electrons. The Morgan fingerprint density at radius 1 is 1.14 bits per heavy atom. The standard InChI is InChI=1S/C14H24N4O2S/c1-14(2,3)12-9-13(11-15-10-12)16-21(19,20)18-7-5-17(4)6-8-18/h9-11,16H,5-8H2,1-4H3. The predicted octanol–water partition coefficient (Wildman–Crippen LogP) is 1.28. The van der Waals surface area contributed by atoms with Crippen molar-refractivity contribution in [1.29, 1.82) is 0 Å². The van der Waals surface area contributed by atoms with Gasteiger partial charge in [0.25, 0.3) is 0 Å². The lowest BCUT2D eigenvalue weighted by molar-refractivity contribution is 0.223. The zero-order valence-electron chi connectivity index (χ0n) is 13.1. The second-order valence-electron chi connectivity index (χ2n) is 6.52. The number of hydrogen-bond acceptors (Lipinski definition) is 4. The minimum Gasteiger partial charge on any atom is -0.304 e. The molecule has 0 aromatic carbocycles. The van der Waals surface area contributed by atoms with E-state index in [0.29, 0.717) is 18.8 Å². The van der Waals surface area contributed by atoms with E-state index in [1.165, 1.54) is 4.31 Å². The Morgan fingerprint density at radius 3 is 2.33 bits per heavy atom. The Labute approximate surface area is 127 Å². The van der Waals surface area contributed by atoms with Crippen LogP contribution in [-0.4, -0.2) is 55.8 Å². The van der Waals surface area contributed by atoms with E-state index in [2.05, 4.69) is 35.4 Å². The van der Waals surface area contributed by atoms with E-state index in [1.807, 2.05) is 13.1 Å². The van der Waals surface area contributed by atoms with E-state index in [1.54, 1.807) is 12.4 Å². The van der Waals surface area contributed by atoms with E-state index in [0.717, 1.165) is 18.7 Å². The maximum absolute atomic E-state index is 12.4. The van der Waals surface area contributed by atoms with Crippen LogP contribution in [0.4, 0.5) is 5.69 Å². The third kappa shape index (κ3) is 4.15. The highest BCUT2D eigenvalue weighted by Crippen LogP contribution is 2.24. The minimum absolute atomic E-state index is 0.0672. The Balaban J connectivity index is 2.14. The van der Waals surface area contributed by atoms with Crippen molar-refractivity contribution in [2.75, 3.05) is 37.9 Å². The summed E-state index contributed by atoms with van der Waals surface area (Å²) < 4.78 is 28.9. The number of nitrogens with zero attached hydrogens (tertiary/aromatic N) is 3. The molecular formula is C14H24N4O2S. The first-order valence-corrected chi connectivity index (χ1v) is 8.54. The normalized spacial score (nSPS) is 18.7. The molecule has 21 heavy (non-hydrogen) atoms. The van der Waals surface area contributed by atoms with Gasteiger partial charge in [0.2, 0.25) is 0 Å². The summed E-state index contributed by atoms with van der Waals surface area (Å²) >= 11 is 0. The van der Waals surface area contributed by atoms with E-state index in [-0.39, 0.29) is 5.41 Å². The summed E-state index contributed by atoms with van der Waals surface area (Å²) in [6, 6.07) is 1.85. The fourth-order valence-electron chi connectivity index (χ4n) is 2.15. The molecule has 1 saturated heterocycles. The summed E-state index contributed by atoms with van der Waals surface area (Å²) in [5.41, 5.74) is 1.45. The third-order valence-corrected chi connectivity index (χ3v) is 5.19. The van der Waals surface area contributed by atoms with Crippen LogP contribution in [0.3, 0.4) is 0 Å². The number of piperazine rings is 1. The lowest BCUT2D eigenvalue weighted by atomic mass is 9.88. The number of rotatable bonds is 3. The van der Waals surface area contributed by atoms with Crippen LogP contribution in [0.25, 0.3) is 0 Å². The molecule has 6 nitrogen and oxygen atoms in total. The second kappa shape index (κ2) is 5.90. The van der Waals surface area contributed by atoms with Crippen LogP contribution in [0.15, 0.2) is 18.5 Å². The van der Waals surface area contributed by atoms with Crippen LogP contribution in [0, 0.1) is 0 Å². The second-order valence-corrected chi connectivity index (χ2v) is 8.19. The summed E-state index contributed by atoms with van der Waals surface area (Å²) in [5.74, 6) is 0. The molecular weight excluding hydrogens is 288 g/mol. The number of anilines is 1. The van der Waals surface area contributed by atoms with Gasteiger partial charge in [-0.1, -0.05) is 20.8 Å². The van der Waals surface area contributed by atoms with Crippen molar-refractivity contribution >= 4 is 15.9 Å². The molecule has 0 atom stereocenters. The van der Waals surface area contributed by atoms with E-state index < -0.39 is 10.2 Å². The largest absolute Gasteiger partial charge is 0.304 e. The van der Waals surface area contributed by atoms with Gasteiger partial charge in [-0.15, -0.1) is 0 Å². The molecule has 2 rings (SSSR count). The highest BCUT2D eigenvalue weighted by Gasteiger charge is 2.26. The van der Waals surface area contributed by atoms with Crippen molar-refractivity contribution in [2.45, 2.75) is 26.2 Å². The summed E-state index contributed by atoms with van der Waals surface area (Å²) in [6.07, 6.45) is 3.32. The highest BCUT2D eigenvalue weighted by molar-refractivity contribution is 7.90. The Bertz CT molecular complexity index is 587. The molecule has 0 aliphatic carbocycles. The monoisotopic (exact) mass is 312 g/mol. The number of nitrogens with one attached hydrogen (secondary N) is 1. The molecule has 1 fully saturated rings. The first-order chi connectivity index (χ1) is 9.68. The van der Waals surface area contributed by atoms with Gasteiger partial charge in [0.15, 0.2) is 0 Å². The van der Waals surface area contributed by atoms with Crippen molar-refractivity contribution in [3.63, 3.8) is 0 Å². The lowest BCUT2D eigenvalue weighted by Crippen LogP contribution is -2.48. The van der Waals surface area contributed by atoms with E-state index >= 15 is 0 Å². The number of aromatic nitrogens is 1. The molecule has 0 radical (unpaired) electrons. The van der Waals surface area contributed by atoms with Gasteiger partial charge >= 0.3 is 10.2 Å². The average Bonchev–Trinajstić information content (AvgIpc) is 2.38. The van der Waals surface area contributed by atoms with Gasteiger partial charge in [0.05, 0.1) is 11.9 Å².